The molecule has 0 atom stereocenters. The van der Waals surface area contributed by atoms with Crippen LogP contribution in [-0.2, 0) is 6.42 Å². The first-order valence-electron chi connectivity index (χ1n) is 6.83. The Morgan fingerprint density at radius 1 is 1.05 bits per heavy atom. The molecule has 0 bridgehead atoms. The number of pyridine rings is 1. The zero-order chi connectivity index (χ0) is 13.8. The second-order valence-corrected chi connectivity index (χ2v) is 4.78. The highest BCUT2D eigenvalue weighted by Gasteiger charge is 2.06. The average Bonchev–Trinajstić information content (AvgIpc) is 2.86. The van der Waals surface area contributed by atoms with Gasteiger partial charge in [-0.25, -0.2) is 4.98 Å². The Hall–Kier alpha value is -2.36. The number of hydrogen-bond donors (Lipinski definition) is 1. The fourth-order valence-electron chi connectivity index (χ4n) is 2.09. The van der Waals surface area contributed by atoms with Crippen molar-refractivity contribution in [3.05, 3.63) is 54.0 Å². The molecule has 0 aliphatic rings. The molecule has 0 radical (unpaired) electrons. The van der Waals surface area contributed by atoms with E-state index in [9.17, 15) is 0 Å². The zero-order valence-electron chi connectivity index (χ0n) is 11.5. The Balaban J connectivity index is 1.55. The third-order valence-corrected chi connectivity index (χ3v) is 3.11. The van der Waals surface area contributed by atoms with Gasteiger partial charge in [-0.2, -0.15) is 4.98 Å². The zero-order valence-corrected chi connectivity index (χ0v) is 11.5. The fraction of sp³-hybridized carbons (Fsp3) is 0.250. The van der Waals surface area contributed by atoms with Gasteiger partial charge in [0.1, 0.15) is 0 Å². The van der Waals surface area contributed by atoms with Crippen LogP contribution in [0.1, 0.15) is 18.0 Å². The van der Waals surface area contributed by atoms with Gasteiger partial charge in [0.05, 0.1) is 0 Å². The van der Waals surface area contributed by atoms with Crippen molar-refractivity contribution in [3.63, 3.8) is 0 Å². The molecule has 4 nitrogen and oxygen atoms in total. The molecular formula is C16H17N3O. The van der Waals surface area contributed by atoms with Gasteiger partial charge in [-0.05, 0) is 37.6 Å². The molecule has 0 fully saturated rings. The number of aryl methyl sites for hydroxylation is 2. The minimum atomic E-state index is 0.705. The van der Waals surface area contributed by atoms with Gasteiger partial charge in [-0.15, -0.1) is 0 Å². The number of nitrogens with zero attached hydrogens (tertiary/aromatic N) is 2. The van der Waals surface area contributed by atoms with Crippen molar-refractivity contribution in [2.75, 3.05) is 11.9 Å². The van der Waals surface area contributed by atoms with Crippen LogP contribution in [-0.4, -0.2) is 16.5 Å². The van der Waals surface area contributed by atoms with Gasteiger partial charge >= 0.3 is 0 Å². The Labute approximate surface area is 117 Å². The van der Waals surface area contributed by atoms with Crippen LogP contribution >= 0.6 is 0 Å². The standard InChI is InChI=1S/C16H17N3O/c1-12-9-10-14-16(18-12)19-15(20-14)8-5-11-17-13-6-3-2-4-7-13/h2-4,6-7,9-10,17H,5,8,11H2,1H3. The number of fused-ring (bicyclic) bond motifs is 1. The van der Waals surface area contributed by atoms with Gasteiger partial charge < -0.3 is 9.73 Å². The van der Waals surface area contributed by atoms with Gasteiger partial charge in [0, 0.05) is 24.3 Å². The van der Waals surface area contributed by atoms with Crippen LogP contribution in [0, 0.1) is 6.92 Å². The Morgan fingerprint density at radius 2 is 1.90 bits per heavy atom. The van der Waals surface area contributed by atoms with E-state index in [0.717, 1.165) is 42.2 Å². The Kier molecular flexibility index (Phi) is 3.63. The van der Waals surface area contributed by atoms with Gasteiger partial charge in [0.15, 0.2) is 17.1 Å². The summed E-state index contributed by atoms with van der Waals surface area (Å²) in [7, 11) is 0. The number of hydrogen-bond acceptors (Lipinski definition) is 4. The summed E-state index contributed by atoms with van der Waals surface area (Å²) >= 11 is 0. The molecule has 0 saturated carbocycles. The van der Waals surface area contributed by atoms with Crippen molar-refractivity contribution in [1.82, 2.24) is 9.97 Å². The summed E-state index contributed by atoms with van der Waals surface area (Å²) in [6.45, 7) is 2.85. The number of oxazole rings is 1. The number of benzene rings is 1. The molecule has 4 heteroatoms. The molecule has 0 aliphatic heterocycles. The van der Waals surface area contributed by atoms with E-state index in [1.54, 1.807) is 0 Å². The highest BCUT2D eigenvalue weighted by Crippen LogP contribution is 2.15. The summed E-state index contributed by atoms with van der Waals surface area (Å²) in [5.41, 5.74) is 3.57. The predicted octanol–water partition coefficient (Wildman–Crippen LogP) is 3.58. The second-order valence-electron chi connectivity index (χ2n) is 4.78. The lowest BCUT2D eigenvalue weighted by Crippen LogP contribution is -2.02. The van der Waals surface area contributed by atoms with Crippen LogP contribution in [0.25, 0.3) is 11.2 Å². The first-order valence-corrected chi connectivity index (χ1v) is 6.83. The largest absolute Gasteiger partial charge is 0.439 e. The number of para-hydroxylation sites is 1. The monoisotopic (exact) mass is 267 g/mol. The number of nitrogens with one attached hydrogen (secondary N) is 1. The topological polar surface area (TPSA) is 51.0 Å². The van der Waals surface area contributed by atoms with Gasteiger partial charge in [-0.3, -0.25) is 0 Å². The van der Waals surface area contributed by atoms with E-state index in [1.807, 2.05) is 37.3 Å². The van der Waals surface area contributed by atoms with E-state index in [1.165, 1.54) is 0 Å². The normalized spacial score (nSPS) is 10.8. The molecule has 20 heavy (non-hydrogen) atoms. The maximum atomic E-state index is 5.67. The SMILES string of the molecule is Cc1ccc2oc(CCCNc3ccccc3)nc2n1. The molecule has 0 unspecified atom stereocenters. The molecule has 0 spiro atoms. The number of anilines is 1. The number of aromatic nitrogens is 2. The van der Waals surface area contributed by atoms with E-state index in [2.05, 4.69) is 27.4 Å². The van der Waals surface area contributed by atoms with Crippen molar-refractivity contribution >= 4 is 16.9 Å². The van der Waals surface area contributed by atoms with Crippen molar-refractivity contribution in [1.29, 1.82) is 0 Å². The fourth-order valence-corrected chi connectivity index (χ4v) is 2.09. The minimum absolute atomic E-state index is 0.705. The maximum Gasteiger partial charge on any atom is 0.199 e. The lowest BCUT2D eigenvalue weighted by molar-refractivity contribution is 0.523. The van der Waals surface area contributed by atoms with Crippen LogP contribution in [0.4, 0.5) is 5.69 Å². The van der Waals surface area contributed by atoms with Crippen molar-refractivity contribution in [3.8, 4) is 0 Å². The first-order chi connectivity index (χ1) is 9.81. The maximum absolute atomic E-state index is 5.67. The van der Waals surface area contributed by atoms with E-state index in [0.29, 0.717) is 5.65 Å². The van der Waals surface area contributed by atoms with E-state index in [4.69, 9.17) is 4.42 Å². The quantitative estimate of drug-likeness (QED) is 0.718. The third-order valence-electron chi connectivity index (χ3n) is 3.11. The second kappa shape index (κ2) is 5.74. The van der Waals surface area contributed by atoms with Crippen LogP contribution in [0.15, 0.2) is 46.9 Å². The molecule has 2 aromatic heterocycles. The molecule has 3 rings (SSSR count). The number of rotatable bonds is 5. The molecule has 0 saturated heterocycles. The van der Waals surface area contributed by atoms with E-state index in [-0.39, 0.29) is 0 Å². The van der Waals surface area contributed by atoms with Crippen molar-refractivity contribution in [2.45, 2.75) is 19.8 Å². The molecule has 1 N–H and O–H groups in total. The lowest BCUT2D eigenvalue weighted by Gasteiger charge is -2.04. The van der Waals surface area contributed by atoms with Crippen LogP contribution in [0.5, 0.6) is 0 Å². The van der Waals surface area contributed by atoms with Crippen LogP contribution < -0.4 is 5.32 Å². The molecule has 2 heterocycles. The van der Waals surface area contributed by atoms with Gasteiger partial charge in [-0.1, -0.05) is 18.2 Å². The minimum Gasteiger partial charge on any atom is -0.439 e. The molecule has 3 aromatic rings. The molecule has 1 aromatic carbocycles. The predicted molar refractivity (Wildman–Crippen MR) is 79.8 cm³/mol. The van der Waals surface area contributed by atoms with E-state index >= 15 is 0 Å². The lowest BCUT2D eigenvalue weighted by atomic mass is 10.3. The summed E-state index contributed by atoms with van der Waals surface area (Å²) in [6.07, 6.45) is 1.79. The van der Waals surface area contributed by atoms with Crippen LogP contribution in [0.3, 0.4) is 0 Å². The van der Waals surface area contributed by atoms with Crippen molar-refractivity contribution in [2.24, 2.45) is 0 Å². The average molecular weight is 267 g/mol. The molecule has 102 valence electrons. The molecule has 0 amide bonds. The van der Waals surface area contributed by atoms with E-state index < -0.39 is 0 Å². The summed E-state index contributed by atoms with van der Waals surface area (Å²) in [4.78, 5) is 8.76. The first kappa shape index (κ1) is 12.7. The summed E-state index contributed by atoms with van der Waals surface area (Å²) in [5.74, 6) is 0.757. The Bertz CT molecular complexity index is 691. The smallest absolute Gasteiger partial charge is 0.199 e. The summed E-state index contributed by atoms with van der Waals surface area (Å²) in [5, 5.41) is 3.37. The third kappa shape index (κ3) is 2.96. The highest BCUT2D eigenvalue weighted by atomic mass is 16.3. The van der Waals surface area contributed by atoms with Gasteiger partial charge in [0.25, 0.3) is 0 Å². The Morgan fingerprint density at radius 3 is 2.75 bits per heavy atom. The van der Waals surface area contributed by atoms with Crippen LogP contribution in [0.2, 0.25) is 0 Å². The molecular weight excluding hydrogens is 250 g/mol. The summed E-state index contributed by atoms with van der Waals surface area (Å²) in [6, 6.07) is 14.1. The summed E-state index contributed by atoms with van der Waals surface area (Å²) < 4.78 is 5.67. The molecule has 0 aliphatic carbocycles. The highest BCUT2D eigenvalue weighted by molar-refractivity contribution is 5.67. The van der Waals surface area contributed by atoms with Crippen molar-refractivity contribution < 1.29 is 4.42 Å². The van der Waals surface area contributed by atoms with Gasteiger partial charge in [0.2, 0.25) is 0 Å².